The van der Waals surface area contributed by atoms with Crippen molar-refractivity contribution in [2.45, 2.75) is 0 Å². The Morgan fingerprint density at radius 1 is 0.392 bits per heavy atom. The zero-order valence-corrected chi connectivity index (χ0v) is 27.1. The molecule has 51 heavy (non-hydrogen) atoms. The van der Waals surface area contributed by atoms with Crippen molar-refractivity contribution in [2.24, 2.45) is 0 Å². The average Bonchev–Trinajstić information content (AvgIpc) is 3.88. The molecule has 0 spiro atoms. The predicted octanol–water partition coefficient (Wildman–Crippen LogP) is 11.8. The van der Waals surface area contributed by atoms with Gasteiger partial charge in [-0.1, -0.05) is 127 Å². The van der Waals surface area contributed by atoms with Crippen molar-refractivity contribution in [3.05, 3.63) is 158 Å². The lowest BCUT2D eigenvalue weighted by molar-refractivity contribution is 0.633. The van der Waals surface area contributed by atoms with E-state index in [1.807, 2.05) is 84.9 Å². The summed E-state index contributed by atoms with van der Waals surface area (Å²) >= 11 is 0. The molecule has 238 valence electrons. The number of hydrogen-bond acceptors (Lipinski definition) is 5. The van der Waals surface area contributed by atoms with E-state index in [1.54, 1.807) is 0 Å². The van der Waals surface area contributed by atoms with Gasteiger partial charge in [0.15, 0.2) is 28.6 Å². The fraction of sp³-hybridized carbons (Fsp3) is 0. The zero-order chi connectivity index (χ0) is 33.5. The third-order valence-corrected chi connectivity index (χ3v) is 9.82. The fourth-order valence-corrected chi connectivity index (χ4v) is 7.61. The van der Waals surface area contributed by atoms with Crippen molar-refractivity contribution in [3.63, 3.8) is 0 Å². The highest BCUT2D eigenvalue weighted by molar-refractivity contribution is 6.38. The minimum atomic E-state index is 0.604. The minimum absolute atomic E-state index is 0.604. The van der Waals surface area contributed by atoms with E-state index in [-0.39, 0.29) is 0 Å². The van der Waals surface area contributed by atoms with Gasteiger partial charge >= 0.3 is 0 Å². The number of hydrogen-bond donors (Lipinski definition) is 0. The van der Waals surface area contributed by atoms with Crippen molar-refractivity contribution in [1.82, 2.24) is 19.5 Å². The van der Waals surface area contributed by atoms with Gasteiger partial charge in [-0.05, 0) is 30.3 Å². The van der Waals surface area contributed by atoms with Crippen LogP contribution in [0.1, 0.15) is 0 Å². The second-order valence-electron chi connectivity index (χ2n) is 12.8. The summed E-state index contributed by atoms with van der Waals surface area (Å²) in [5, 5.41) is 6.44. The van der Waals surface area contributed by atoms with Crippen LogP contribution in [0.2, 0.25) is 0 Å². The summed E-state index contributed by atoms with van der Waals surface area (Å²) < 4.78 is 15.6. The Labute approximate surface area is 290 Å². The van der Waals surface area contributed by atoms with Crippen LogP contribution >= 0.6 is 0 Å². The molecule has 6 nitrogen and oxygen atoms in total. The smallest absolute Gasteiger partial charge is 0.180 e. The van der Waals surface area contributed by atoms with Crippen LogP contribution in [0.25, 0.3) is 106 Å². The van der Waals surface area contributed by atoms with Gasteiger partial charge in [-0.3, -0.25) is 0 Å². The molecule has 4 heterocycles. The van der Waals surface area contributed by atoms with Gasteiger partial charge < -0.3 is 13.4 Å². The fourth-order valence-electron chi connectivity index (χ4n) is 7.61. The quantitative estimate of drug-likeness (QED) is 0.189. The van der Waals surface area contributed by atoms with Crippen LogP contribution in [0.4, 0.5) is 0 Å². The Bertz CT molecular complexity index is 3080. The molecular weight excluding hydrogens is 629 g/mol. The highest BCUT2D eigenvalue weighted by Gasteiger charge is 2.26. The van der Waals surface area contributed by atoms with Crippen molar-refractivity contribution in [2.75, 3.05) is 0 Å². The molecule has 0 aliphatic rings. The Hall–Kier alpha value is -7.05. The largest absolute Gasteiger partial charge is 0.452 e. The van der Waals surface area contributed by atoms with Gasteiger partial charge in [-0.15, -0.1) is 0 Å². The molecule has 4 aromatic heterocycles. The van der Waals surface area contributed by atoms with Crippen molar-refractivity contribution in [3.8, 4) is 39.9 Å². The lowest BCUT2D eigenvalue weighted by Crippen LogP contribution is -2.01. The third kappa shape index (κ3) is 4.14. The highest BCUT2D eigenvalue weighted by Crippen LogP contribution is 2.48. The number of rotatable bonds is 4. The Morgan fingerprint density at radius 2 is 0.882 bits per heavy atom. The maximum absolute atomic E-state index is 6.66. The number of benzene rings is 7. The lowest BCUT2D eigenvalue weighted by Gasteiger charge is -2.12. The molecule has 0 saturated heterocycles. The van der Waals surface area contributed by atoms with E-state index in [0.717, 1.165) is 88.1 Å². The SMILES string of the molecule is c1ccc(-c2nc(-c3ccccc3)nc(-c3cccc(-n4c5ccccc5c5c6c7ccccc7oc6c6oc7ccccc7c6c54)c3)n2)cc1. The summed E-state index contributed by atoms with van der Waals surface area (Å²) in [4.78, 5) is 15.0. The van der Waals surface area contributed by atoms with Crippen LogP contribution in [-0.4, -0.2) is 19.5 Å². The van der Waals surface area contributed by atoms with Crippen molar-refractivity contribution < 1.29 is 8.83 Å². The predicted molar refractivity (Wildman–Crippen MR) is 205 cm³/mol. The van der Waals surface area contributed by atoms with E-state index in [2.05, 4.69) is 77.4 Å². The monoisotopic (exact) mass is 654 g/mol. The molecule has 0 saturated carbocycles. The first kappa shape index (κ1) is 27.9. The molecule has 0 atom stereocenters. The van der Waals surface area contributed by atoms with Crippen LogP contribution in [0, 0.1) is 0 Å². The second-order valence-corrected chi connectivity index (χ2v) is 12.8. The molecular formula is C45H26N4O2. The summed E-state index contributed by atoms with van der Waals surface area (Å²) in [6.45, 7) is 0. The summed E-state index contributed by atoms with van der Waals surface area (Å²) in [6.07, 6.45) is 0. The maximum atomic E-state index is 6.66. The van der Waals surface area contributed by atoms with Gasteiger partial charge in [0, 0.05) is 49.3 Å². The van der Waals surface area contributed by atoms with Gasteiger partial charge in [-0.2, -0.15) is 0 Å². The normalized spacial score (nSPS) is 11.9. The van der Waals surface area contributed by atoms with Gasteiger partial charge in [0.25, 0.3) is 0 Å². The van der Waals surface area contributed by atoms with Crippen molar-refractivity contribution >= 4 is 65.7 Å². The molecule has 0 amide bonds. The summed E-state index contributed by atoms with van der Waals surface area (Å²) in [6, 6.07) is 53.7. The zero-order valence-electron chi connectivity index (χ0n) is 27.1. The van der Waals surface area contributed by atoms with E-state index in [4.69, 9.17) is 23.8 Å². The van der Waals surface area contributed by atoms with Gasteiger partial charge in [0.2, 0.25) is 0 Å². The number of nitrogens with zero attached hydrogens (tertiary/aromatic N) is 4. The molecule has 0 unspecified atom stereocenters. The average molecular weight is 655 g/mol. The first-order valence-corrected chi connectivity index (χ1v) is 17.0. The van der Waals surface area contributed by atoms with Gasteiger partial charge in [-0.25, -0.2) is 15.0 Å². The molecule has 11 rings (SSSR count). The standard InChI is InChI=1S/C45H26N4O2/c1-3-14-27(15-4-1)43-46-44(28-16-5-2-6-17-28)48-45(47-43)29-18-13-19-30(26-29)49-34-23-10-7-20-31(34)37-38-32-21-8-11-24-35(32)50-41(38)42-39(40(37)49)33-22-9-12-25-36(33)51-42/h1-26H. The van der Waals surface area contributed by atoms with Crippen molar-refractivity contribution in [1.29, 1.82) is 0 Å². The van der Waals surface area contributed by atoms with E-state index < -0.39 is 0 Å². The van der Waals surface area contributed by atoms with Crippen LogP contribution in [0.5, 0.6) is 0 Å². The van der Waals surface area contributed by atoms with Gasteiger partial charge in [0.05, 0.1) is 16.4 Å². The molecule has 11 aromatic rings. The summed E-state index contributed by atoms with van der Waals surface area (Å²) in [5.41, 5.74) is 9.05. The molecule has 0 fully saturated rings. The maximum Gasteiger partial charge on any atom is 0.180 e. The Kier molecular flexibility index (Phi) is 5.86. The Morgan fingerprint density at radius 3 is 1.53 bits per heavy atom. The van der Waals surface area contributed by atoms with E-state index >= 15 is 0 Å². The third-order valence-electron chi connectivity index (χ3n) is 9.82. The van der Waals surface area contributed by atoms with Crippen LogP contribution in [-0.2, 0) is 0 Å². The summed E-state index contributed by atoms with van der Waals surface area (Å²) in [5.74, 6) is 1.86. The van der Waals surface area contributed by atoms with Crippen LogP contribution < -0.4 is 0 Å². The number of aromatic nitrogens is 4. The first-order chi connectivity index (χ1) is 25.3. The first-order valence-electron chi connectivity index (χ1n) is 17.0. The van der Waals surface area contributed by atoms with E-state index in [0.29, 0.717) is 17.5 Å². The Balaban J connectivity index is 1.24. The molecule has 0 aliphatic heterocycles. The molecule has 0 N–H and O–H groups in total. The number of furan rings is 2. The minimum Gasteiger partial charge on any atom is -0.452 e. The van der Waals surface area contributed by atoms with Gasteiger partial charge in [0.1, 0.15) is 11.2 Å². The summed E-state index contributed by atoms with van der Waals surface area (Å²) in [7, 11) is 0. The molecule has 0 radical (unpaired) electrons. The van der Waals surface area contributed by atoms with E-state index in [9.17, 15) is 0 Å². The number of para-hydroxylation sites is 3. The molecule has 6 heteroatoms. The highest BCUT2D eigenvalue weighted by atomic mass is 16.4. The second kappa shape index (κ2) is 10.7. The lowest BCUT2D eigenvalue weighted by atomic mass is 10.0. The topological polar surface area (TPSA) is 69.9 Å². The molecule has 0 aliphatic carbocycles. The van der Waals surface area contributed by atoms with Crippen LogP contribution in [0.3, 0.4) is 0 Å². The van der Waals surface area contributed by atoms with Crippen LogP contribution in [0.15, 0.2) is 167 Å². The molecule has 7 aromatic carbocycles. The number of fused-ring (bicyclic) bond motifs is 12. The molecule has 0 bridgehead atoms. The van der Waals surface area contributed by atoms with E-state index in [1.165, 1.54) is 0 Å².